The molecule has 4 aromatic rings. The standard InChI is InChI=1S/C31H30N8/c1-3-21-16(2)8-27(35-21)30-37-23-7-5-18(10-26(23)38-30)28-15-33-25-9-17(4-6-22(25)36-28)20(32)14-34-29-13-31(29)12-19-11-24(19)39-31/h1,4-7,9-10,13-16,19,21,24,27,34-35,39H,8,11-12,32H2,2H3,(H,37,38)/b20-14-/t16-,19-,21-,24-,27+,31?/m1/s1. The van der Waals surface area contributed by atoms with Crippen LogP contribution in [0.4, 0.5) is 0 Å². The number of nitrogens with zero attached hydrogens (tertiary/aromatic N) is 3. The summed E-state index contributed by atoms with van der Waals surface area (Å²) in [6.07, 6.45) is 15.1. The van der Waals surface area contributed by atoms with Crippen LogP contribution in [0.2, 0.25) is 0 Å². The summed E-state index contributed by atoms with van der Waals surface area (Å²) in [5, 5.41) is 10.6. The Morgan fingerprint density at radius 1 is 1.15 bits per heavy atom. The average molecular weight is 515 g/mol. The highest BCUT2D eigenvalue weighted by Gasteiger charge is 2.59. The van der Waals surface area contributed by atoms with Crippen molar-refractivity contribution in [1.82, 2.24) is 35.9 Å². The van der Waals surface area contributed by atoms with E-state index in [9.17, 15) is 0 Å². The van der Waals surface area contributed by atoms with E-state index in [-0.39, 0.29) is 17.6 Å². The molecule has 194 valence electrons. The highest BCUT2D eigenvalue weighted by molar-refractivity contribution is 5.84. The Kier molecular flexibility index (Phi) is 4.76. The van der Waals surface area contributed by atoms with Gasteiger partial charge < -0.3 is 16.0 Å². The second-order valence-corrected chi connectivity index (χ2v) is 11.6. The summed E-state index contributed by atoms with van der Waals surface area (Å²) >= 11 is 0. The largest absolute Gasteiger partial charge is 0.397 e. The summed E-state index contributed by atoms with van der Waals surface area (Å²) in [5.74, 6) is 5.04. The number of imidazole rings is 1. The lowest BCUT2D eigenvalue weighted by Gasteiger charge is -2.14. The van der Waals surface area contributed by atoms with E-state index in [0.29, 0.717) is 17.7 Å². The minimum Gasteiger partial charge on any atom is -0.397 e. The first-order valence-electron chi connectivity index (χ1n) is 13.7. The molecular formula is C31H30N8. The number of terminal acetylenes is 1. The molecular weight excluding hydrogens is 484 g/mol. The number of aromatic amines is 1. The molecule has 8 rings (SSSR count). The van der Waals surface area contributed by atoms with Gasteiger partial charge in [0.2, 0.25) is 0 Å². The zero-order valence-electron chi connectivity index (χ0n) is 21.7. The first kappa shape index (κ1) is 22.8. The Bertz CT molecular complexity index is 1750. The lowest BCUT2D eigenvalue weighted by atomic mass is 10.0. The van der Waals surface area contributed by atoms with Gasteiger partial charge in [0.15, 0.2) is 0 Å². The minimum absolute atomic E-state index is 0.0802. The van der Waals surface area contributed by atoms with Crippen molar-refractivity contribution in [3.63, 3.8) is 0 Å². The molecule has 2 saturated heterocycles. The second-order valence-electron chi connectivity index (χ2n) is 11.6. The zero-order valence-corrected chi connectivity index (χ0v) is 21.7. The summed E-state index contributed by atoms with van der Waals surface area (Å²) in [6, 6.07) is 13.0. The number of H-pyrrole nitrogens is 1. The Morgan fingerprint density at radius 3 is 2.87 bits per heavy atom. The van der Waals surface area contributed by atoms with Gasteiger partial charge >= 0.3 is 0 Å². The van der Waals surface area contributed by atoms with Crippen molar-refractivity contribution >= 4 is 27.8 Å². The fourth-order valence-electron chi connectivity index (χ4n) is 6.40. The maximum Gasteiger partial charge on any atom is 0.124 e. The Morgan fingerprint density at radius 2 is 2.05 bits per heavy atom. The van der Waals surface area contributed by atoms with Gasteiger partial charge in [0.05, 0.1) is 57.3 Å². The number of benzene rings is 2. The molecule has 1 saturated carbocycles. The van der Waals surface area contributed by atoms with Crippen LogP contribution in [0.1, 0.15) is 43.6 Å². The maximum atomic E-state index is 6.41. The molecule has 6 atom stereocenters. The Labute approximate surface area is 226 Å². The van der Waals surface area contributed by atoms with E-state index in [1.807, 2.05) is 42.7 Å². The van der Waals surface area contributed by atoms with Crippen LogP contribution in [0.25, 0.3) is 39.0 Å². The maximum absolute atomic E-state index is 6.41. The van der Waals surface area contributed by atoms with E-state index in [0.717, 1.165) is 57.1 Å². The number of nitrogens with two attached hydrogens (primary N) is 1. The van der Waals surface area contributed by atoms with Crippen molar-refractivity contribution < 1.29 is 0 Å². The first-order chi connectivity index (χ1) is 19.0. The molecule has 3 fully saturated rings. The number of fused-ring (bicyclic) bond motifs is 3. The van der Waals surface area contributed by atoms with Crippen molar-refractivity contribution in [2.45, 2.75) is 49.9 Å². The van der Waals surface area contributed by atoms with E-state index in [1.54, 1.807) is 0 Å². The molecule has 2 aliphatic carbocycles. The fraction of sp³-hybridized carbons (Fsp3) is 0.323. The summed E-state index contributed by atoms with van der Waals surface area (Å²) in [7, 11) is 0. The lowest BCUT2D eigenvalue weighted by molar-refractivity contribution is 0.546. The van der Waals surface area contributed by atoms with Crippen LogP contribution in [0.3, 0.4) is 0 Å². The molecule has 0 radical (unpaired) electrons. The summed E-state index contributed by atoms with van der Waals surface area (Å²) in [5.41, 5.74) is 14.7. The van der Waals surface area contributed by atoms with Crippen LogP contribution in [0.5, 0.6) is 0 Å². The van der Waals surface area contributed by atoms with Gasteiger partial charge in [-0.1, -0.05) is 25.0 Å². The number of piperidine rings is 1. The number of nitrogens with one attached hydrogen (secondary N) is 4. The smallest absolute Gasteiger partial charge is 0.124 e. The van der Waals surface area contributed by atoms with Crippen molar-refractivity contribution in [1.29, 1.82) is 0 Å². The molecule has 4 heterocycles. The van der Waals surface area contributed by atoms with Gasteiger partial charge in [-0.05, 0) is 61.4 Å². The number of hydrogen-bond donors (Lipinski definition) is 5. The third-order valence-electron chi connectivity index (χ3n) is 8.86. The fourth-order valence-corrected chi connectivity index (χ4v) is 6.40. The molecule has 2 aromatic heterocycles. The summed E-state index contributed by atoms with van der Waals surface area (Å²) < 4.78 is 0. The molecule has 8 nitrogen and oxygen atoms in total. The van der Waals surface area contributed by atoms with Gasteiger partial charge in [0.25, 0.3) is 0 Å². The first-order valence-corrected chi connectivity index (χ1v) is 13.7. The van der Waals surface area contributed by atoms with Crippen LogP contribution in [-0.4, -0.2) is 37.6 Å². The Balaban J connectivity index is 1.00. The van der Waals surface area contributed by atoms with Gasteiger partial charge in [-0.25, -0.2) is 9.97 Å². The molecule has 0 amide bonds. The molecule has 2 aromatic carbocycles. The van der Waals surface area contributed by atoms with Crippen molar-refractivity contribution in [3.8, 4) is 23.6 Å². The highest BCUT2D eigenvalue weighted by atomic mass is 15.2. The topological polar surface area (TPSA) is 117 Å². The predicted molar refractivity (Wildman–Crippen MR) is 153 cm³/mol. The Hall–Kier alpha value is -4.19. The highest BCUT2D eigenvalue weighted by Crippen LogP contribution is 2.53. The van der Waals surface area contributed by atoms with Gasteiger partial charge in [-0.3, -0.25) is 15.6 Å². The molecule has 8 heteroatoms. The average Bonchev–Trinajstić information content (AvgIpc) is 3.61. The third-order valence-corrected chi connectivity index (χ3v) is 8.86. The van der Waals surface area contributed by atoms with E-state index in [2.05, 4.69) is 45.9 Å². The van der Waals surface area contributed by atoms with Crippen molar-refractivity contribution in [2.75, 3.05) is 0 Å². The molecule has 1 spiro atoms. The van der Waals surface area contributed by atoms with Crippen LogP contribution in [0, 0.1) is 24.2 Å². The second kappa shape index (κ2) is 8.15. The van der Waals surface area contributed by atoms with Gasteiger partial charge in [0, 0.05) is 29.1 Å². The van der Waals surface area contributed by atoms with Crippen molar-refractivity contribution in [3.05, 3.63) is 72.0 Å². The number of rotatable bonds is 5. The SMILES string of the molecule is C#C[C@H]1N[C@H](c2nc3ccc(-c4cnc5cc(/C(N)=C/NC6=CC67C[C@H]6C[C@H]6N7)ccc5n4)cc3[nH]2)C[C@H]1C. The van der Waals surface area contributed by atoms with E-state index in [1.165, 1.54) is 18.5 Å². The quantitative estimate of drug-likeness (QED) is 0.258. The summed E-state index contributed by atoms with van der Waals surface area (Å²) in [6.45, 7) is 2.18. The predicted octanol–water partition coefficient (Wildman–Crippen LogP) is 3.71. The van der Waals surface area contributed by atoms with E-state index < -0.39 is 0 Å². The van der Waals surface area contributed by atoms with Crippen LogP contribution in [0.15, 0.2) is 60.6 Å². The van der Waals surface area contributed by atoms with Gasteiger partial charge in [-0.15, -0.1) is 6.42 Å². The van der Waals surface area contributed by atoms with Crippen LogP contribution < -0.4 is 21.7 Å². The minimum atomic E-state index is 0.0802. The van der Waals surface area contributed by atoms with Crippen LogP contribution >= 0.6 is 0 Å². The molecule has 0 bridgehead atoms. The molecule has 1 unspecified atom stereocenters. The summed E-state index contributed by atoms with van der Waals surface area (Å²) in [4.78, 5) is 17.9. The van der Waals surface area contributed by atoms with E-state index in [4.69, 9.17) is 27.1 Å². The van der Waals surface area contributed by atoms with Gasteiger partial charge in [0.1, 0.15) is 5.82 Å². The zero-order chi connectivity index (χ0) is 26.3. The number of hydrogen-bond acceptors (Lipinski definition) is 7. The molecule has 6 N–H and O–H groups in total. The van der Waals surface area contributed by atoms with Crippen LogP contribution in [-0.2, 0) is 0 Å². The van der Waals surface area contributed by atoms with Crippen molar-refractivity contribution in [2.24, 2.45) is 17.6 Å². The van der Waals surface area contributed by atoms with E-state index >= 15 is 0 Å². The molecule has 4 aliphatic rings. The normalized spacial score (nSPS) is 30.9. The monoisotopic (exact) mass is 514 g/mol. The molecule has 2 aliphatic heterocycles. The third kappa shape index (κ3) is 3.81. The lowest BCUT2D eigenvalue weighted by Crippen LogP contribution is -2.33. The molecule has 39 heavy (non-hydrogen) atoms. The number of aromatic nitrogens is 4. The van der Waals surface area contributed by atoms with Gasteiger partial charge in [-0.2, -0.15) is 0 Å².